The summed E-state index contributed by atoms with van der Waals surface area (Å²) in [6.45, 7) is 4.96. The van der Waals surface area contributed by atoms with Crippen molar-refractivity contribution in [2.75, 3.05) is 32.7 Å². The number of ketones is 1. The van der Waals surface area contributed by atoms with Crippen LogP contribution in [0.25, 0.3) is 0 Å². The Morgan fingerprint density at radius 1 is 1.29 bits per heavy atom. The average molecular weight is 196 g/mol. The molecular formula is C11H20N2O. The minimum Gasteiger partial charge on any atom is -0.316 e. The number of nitrogens with one attached hydrogen (secondary N) is 1. The molecule has 0 amide bonds. The summed E-state index contributed by atoms with van der Waals surface area (Å²) in [4.78, 5) is 14.2. The Morgan fingerprint density at radius 2 is 2.07 bits per heavy atom. The van der Waals surface area contributed by atoms with E-state index in [9.17, 15) is 4.79 Å². The van der Waals surface area contributed by atoms with Crippen molar-refractivity contribution in [3.63, 3.8) is 0 Å². The summed E-state index contributed by atoms with van der Waals surface area (Å²) in [7, 11) is 0. The lowest BCUT2D eigenvalue weighted by Crippen LogP contribution is -2.39. The Kier molecular flexibility index (Phi) is 3.54. The highest BCUT2D eigenvalue weighted by Crippen LogP contribution is 2.14. The first-order valence-electron chi connectivity index (χ1n) is 5.82. The average Bonchev–Trinajstić information content (AvgIpc) is 2.72. The van der Waals surface area contributed by atoms with Crippen LogP contribution in [0.1, 0.15) is 25.7 Å². The SMILES string of the molecule is O=C(CN1CCCC1)C1CCCNC1. The third-order valence-electron chi connectivity index (χ3n) is 3.33. The zero-order valence-electron chi connectivity index (χ0n) is 8.80. The van der Waals surface area contributed by atoms with Gasteiger partial charge in [-0.1, -0.05) is 0 Å². The molecular weight excluding hydrogens is 176 g/mol. The van der Waals surface area contributed by atoms with Crippen LogP contribution >= 0.6 is 0 Å². The highest BCUT2D eigenvalue weighted by Gasteiger charge is 2.23. The fourth-order valence-corrected chi connectivity index (χ4v) is 2.42. The van der Waals surface area contributed by atoms with Crippen LogP contribution in [0.5, 0.6) is 0 Å². The number of hydrogen-bond donors (Lipinski definition) is 1. The van der Waals surface area contributed by atoms with E-state index in [2.05, 4.69) is 10.2 Å². The van der Waals surface area contributed by atoms with Gasteiger partial charge in [0.2, 0.25) is 0 Å². The van der Waals surface area contributed by atoms with Gasteiger partial charge in [0.05, 0.1) is 6.54 Å². The van der Waals surface area contributed by atoms with E-state index in [0.717, 1.165) is 39.0 Å². The highest BCUT2D eigenvalue weighted by atomic mass is 16.1. The van der Waals surface area contributed by atoms with Gasteiger partial charge in [0.15, 0.2) is 5.78 Å². The van der Waals surface area contributed by atoms with Gasteiger partial charge in [0.1, 0.15) is 0 Å². The van der Waals surface area contributed by atoms with Crippen LogP contribution in [-0.4, -0.2) is 43.4 Å². The zero-order chi connectivity index (χ0) is 9.80. The second-order valence-electron chi connectivity index (χ2n) is 4.49. The molecule has 80 valence electrons. The van der Waals surface area contributed by atoms with Crippen molar-refractivity contribution < 1.29 is 4.79 Å². The molecule has 1 N–H and O–H groups in total. The topological polar surface area (TPSA) is 32.3 Å². The molecule has 14 heavy (non-hydrogen) atoms. The summed E-state index contributed by atoms with van der Waals surface area (Å²) in [5.74, 6) is 0.753. The second-order valence-corrected chi connectivity index (χ2v) is 4.49. The molecule has 0 radical (unpaired) electrons. The van der Waals surface area contributed by atoms with Crippen LogP contribution in [-0.2, 0) is 4.79 Å². The molecule has 0 saturated carbocycles. The van der Waals surface area contributed by atoms with Crippen LogP contribution < -0.4 is 5.32 Å². The molecule has 0 aromatic carbocycles. The summed E-state index contributed by atoms with van der Waals surface area (Å²) in [5, 5.41) is 3.30. The second kappa shape index (κ2) is 4.89. The summed E-state index contributed by atoms with van der Waals surface area (Å²) in [6.07, 6.45) is 4.81. The number of carbonyl (C=O) groups is 1. The molecule has 0 aromatic heterocycles. The van der Waals surface area contributed by atoms with Gasteiger partial charge in [-0.05, 0) is 45.3 Å². The molecule has 2 rings (SSSR count). The Morgan fingerprint density at radius 3 is 2.71 bits per heavy atom. The Labute approximate surface area is 85.8 Å². The van der Waals surface area contributed by atoms with Crippen LogP contribution in [0.15, 0.2) is 0 Å². The molecule has 3 heteroatoms. The lowest BCUT2D eigenvalue weighted by atomic mass is 9.95. The lowest BCUT2D eigenvalue weighted by Gasteiger charge is -2.23. The summed E-state index contributed by atoms with van der Waals surface area (Å²) in [5.41, 5.74) is 0. The maximum absolute atomic E-state index is 11.9. The van der Waals surface area contributed by atoms with E-state index in [1.165, 1.54) is 12.8 Å². The van der Waals surface area contributed by atoms with E-state index < -0.39 is 0 Å². The predicted octanol–water partition coefficient (Wildman–Crippen LogP) is 0.651. The highest BCUT2D eigenvalue weighted by molar-refractivity contribution is 5.83. The first-order valence-corrected chi connectivity index (χ1v) is 5.82. The monoisotopic (exact) mass is 196 g/mol. The van der Waals surface area contributed by atoms with Gasteiger partial charge in [-0.3, -0.25) is 9.69 Å². The van der Waals surface area contributed by atoms with E-state index in [4.69, 9.17) is 0 Å². The molecule has 2 fully saturated rings. The quantitative estimate of drug-likeness (QED) is 0.719. The Hall–Kier alpha value is -0.410. The molecule has 2 heterocycles. The zero-order valence-corrected chi connectivity index (χ0v) is 8.80. The van der Waals surface area contributed by atoms with Gasteiger partial charge in [0.25, 0.3) is 0 Å². The number of piperidine rings is 1. The first kappa shape index (κ1) is 10.1. The third-order valence-corrected chi connectivity index (χ3v) is 3.33. The number of rotatable bonds is 3. The van der Waals surface area contributed by atoms with Gasteiger partial charge < -0.3 is 5.32 Å². The summed E-state index contributed by atoms with van der Waals surface area (Å²) >= 11 is 0. The third kappa shape index (κ3) is 2.55. The fraction of sp³-hybridized carbons (Fsp3) is 0.909. The van der Waals surface area contributed by atoms with Crippen LogP contribution in [0.2, 0.25) is 0 Å². The summed E-state index contributed by atoms with van der Waals surface area (Å²) < 4.78 is 0. The Balaban J connectivity index is 1.75. The van der Waals surface area contributed by atoms with Crippen molar-refractivity contribution in [1.29, 1.82) is 0 Å². The molecule has 2 aliphatic rings. The maximum atomic E-state index is 11.9. The molecule has 2 saturated heterocycles. The lowest BCUT2D eigenvalue weighted by molar-refractivity contribution is -0.124. The number of likely N-dealkylation sites (tertiary alicyclic amines) is 1. The van der Waals surface area contributed by atoms with Gasteiger partial charge in [-0.2, -0.15) is 0 Å². The van der Waals surface area contributed by atoms with Crippen molar-refractivity contribution in [1.82, 2.24) is 10.2 Å². The normalized spacial score (nSPS) is 29.3. The molecule has 1 unspecified atom stereocenters. The molecule has 2 aliphatic heterocycles. The smallest absolute Gasteiger partial charge is 0.151 e. The van der Waals surface area contributed by atoms with Crippen LogP contribution in [0.4, 0.5) is 0 Å². The largest absolute Gasteiger partial charge is 0.316 e. The minimum atomic E-state index is 0.296. The number of hydrogen-bond acceptors (Lipinski definition) is 3. The van der Waals surface area contributed by atoms with Gasteiger partial charge in [-0.15, -0.1) is 0 Å². The van der Waals surface area contributed by atoms with E-state index >= 15 is 0 Å². The first-order chi connectivity index (χ1) is 6.86. The van der Waals surface area contributed by atoms with E-state index in [-0.39, 0.29) is 0 Å². The van der Waals surface area contributed by atoms with Crippen LogP contribution in [0.3, 0.4) is 0 Å². The number of nitrogens with zero attached hydrogens (tertiary/aromatic N) is 1. The number of Topliss-reactive ketones (excluding diaryl/α,β-unsaturated/α-hetero) is 1. The molecule has 0 spiro atoms. The van der Waals surface area contributed by atoms with Gasteiger partial charge in [0, 0.05) is 12.5 Å². The van der Waals surface area contributed by atoms with E-state index in [0.29, 0.717) is 18.2 Å². The molecule has 0 aliphatic carbocycles. The van der Waals surface area contributed by atoms with Crippen molar-refractivity contribution in [3.8, 4) is 0 Å². The van der Waals surface area contributed by atoms with Crippen molar-refractivity contribution >= 4 is 5.78 Å². The molecule has 0 aromatic rings. The molecule has 1 atom stereocenters. The van der Waals surface area contributed by atoms with Crippen LogP contribution in [0, 0.1) is 5.92 Å². The minimum absolute atomic E-state index is 0.296. The predicted molar refractivity (Wildman–Crippen MR) is 56.3 cm³/mol. The standard InChI is InChI=1S/C11H20N2O/c14-11(9-13-6-1-2-7-13)10-4-3-5-12-8-10/h10,12H,1-9H2. The molecule has 0 bridgehead atoms. The Bertz CT molecular complexity index is 193. The fourth-order valence-electron chi connectivity index (χ4n) is 2.42. The van der Waals surface area contributed by atoms with Gasteiger partial charge in [-0.25, -0.2) is 0 Å². The summed E-state index contributed by atoms with van der Waals surface area (Å²) in [6, 6.07) is 0. The number of carbonyl (C=O) groups excluding carboxylic acids is 1. The molecule has 3 nitrogen and oxygen atoms in total. The van der Waals surface area contributed by atoms with Crippen molar-refractivity contribution in [2.45, 2.75) is 25.7 Å². The van der Waals surface area contributed by atoms with E-state index in [1.54, 1.807) is 0 Å². The van der Waals surface area contributed by atoms with E-state index in [1.807, 2.05) is 0 Å². The van der Waals surface area contributed by atoms with Crippen molar-refractivity contribution in [3.05, 3.63) is 0 Å². The van der Waals surface area contributed by atoms with Crippen molar-refractivity contribution in [2.24, 2.45) is 5.92 Å². The maximum Gasteiger partial charge on any atom is 0.151 e. The van der Waals surface area contributed by atoms with Gasteiger partial charge >= 0.3 is 0 Å².